The summed E-state index contributed by atoms with van der Waals surface area (Å²) in [7, 11) is 0. The van der Waals surface area contributed by atoms with Gasteiger partial charge in [-0.3, -0.25) is 0 Å². The Balaban J connectivity index is 0.000000189. The van der Waals surface area contributed by atoms with E-state index in [1.165, 1.54) is 5.56 Å². The Morgan fingerprint density at radius 1 is 1.25 bits per heavy atom. The third-order valence-electron chi connectivity index (χ3n) is 1.48. The van der Waals surface area contributed by atoms with E-state index in [2.05, 4.69) is 43.4 Å². The summed E-state index contributed by atoms with van der Waals surface area (Å²) >= 11 is 0. The molecule has 1 aliphatic rings. The van der Waals surface area contributed by atoms with Gasteiger partial charge in [-0.25, -0.2) is 12.1 Å². The monoisotopic (exact) mass is 201 g/mol. The quantitative estimate of drug-likeness (QED) is 0.446. The molecule has 0 unspecified atom stereocenters. The van der Waals surface area contributed by atoms with Crippen molar-refractivity contribution in [3.05, 3.63) is 54.1 Å². The van der Waals surface area contributed by atoms with Crippen LogP contribution >= 0.6 is 0 Å². The van der Waals surface area contributed by atoms with Crippen LogP contribution in [0.1, 0.15) is 12.0 Å². The molecule has 0 nitrogen and oxygen atoms in total. The molecule has 0 radical (unpaired) electrons. The van der Waals surface area contributed by atoms with E-state index in [-0.39, 0.29) is 17.1 Å². The molecule has 1 aliphatic carbocycles. The van der Waals surface area contributed by atoms with Crippen molar-refractivity contribution in [1.82, 2.24) is 0 Å². The number of allylic oxidation sites excluding steroid dienone is 4. The van der Waals surface area contributed by atoms with Gasteiger partial charge in [0.2, 0.25) is 0 Å². The Hall–Kier alpha value is -0.651. The average molecular weight is 201 g/mol. The summed E-state index contributed by atoms with van der Waals surface area (Å²) in [5.41, 5.74) is 1.34. The molecular weight excluding hydrogens is 188 g/mol. The summed E-state index contributed by atoms with van der Waals surface area (Å²) in [6.45, 7) is 2.08. The smallest absolute Gasteiger partial charge is 0 e. The second-order valence-electron chi connectivity index (χ2n) is 2.55. The maximum absolute atomic E-state index is 2.12. The molecule has 0 aliphatic heterocycles. The Bertz CT molecular complexity index is 220. The van der Waals surface area contributed by atoms with Crippen LogP contribution in [0.15, 0.2) is 48.6 Å². The predicted octanol–water partition coefficient (Wildman–Crippen LogP) is 3.21. The fourth-order valence-electron chi connectivity index (χ4n) is 0.863. The maximum Gasteiger partial charge on any atom is 0 e. The van der Waals surface area contributed by atoms with Crippen molar-refractivity contribution in [2.24, 2.45) is 0 Å². The molecule has 0 fully saturated rings. The van der Waals surface area contributed by atoms with Gasteiger partial charge in [0.25, 0.3) is 0 Å². The largest absolute Gasteiger partial charge is 0.213 e. The van der Waals surface area contributed by atoms with Gasteiger partial charge in [-0.1, -0.05) is 31.2 Å². The van der Waals surface area contributed by atoms with E-state index in [1.54, 1.807) is 0 Å². The zero-order chi connectivity index (χ0) is 7.94. The van der Waals surface area contributed by atoms with Gasteiger partial charge in [-0.15, -0.1) is 0 Å². The van der Waals surface area contributed by atoms with Gasteiger partial charge in [-0.05, 0) is 6.42 Å². The van der Waals surface area contributed by atoms with Gasteiger partial charge < -0.3 is 0 Å². The normalized spacial score (nSPS) is 11.8. The van der Waals surface area contributed by atoms with Crippen LogP contribution in [-0.4, -0.2) is 0 Å². The Morgan fingerprint density at radius 2 is 1.92 bits per heavy atom. The second-order valence-corrected chi connectivity index (χ2v) is 2.55. The first-order valence-electron chi connectivity index (χ1n) is 3.89. The van der Waals surface area contributed by atoms with Crippen LogP contribution in [0.4, 0.5) is 0 Å². The second kappa shape index (κ2) is 7.02. The average Bonchev–Trinajstić information content (AvgIpc) is 2.57. The maximum atomic E-state index is 2.12. The molecular formula is C11H13Fe-. The number of aryl methyl sites for hydroxylation is 1. The molecule has 0 bridgehead atoms. The van der Waals surface area contributed by atoms with Gasteiger partial charge in [0, 0.05) is 17.1 Å². The van der Waals surface area contributed by atoms with Crippen LogP contribution in [0.2, 0.25) is 0 Å². The number of rotatable bonds is 0. The van der Waals surface area contributed by atoms with Crippen molar-refractivity contribution >= 4 is 0 Å². The fraction of sp³-hybridized carbons (Fsp3) is 0.182. The van der Waals surface area contributed by atoms with Crippen LogP contribution in [0.3, 0.4) is 0 Å². The van der Waals surface area contributed by atoms with Crippen molar-refractivity contribution in [1.29, 1.82) is 0 Å². The minimum Gasteiger partial charge on any atom is -0.213 e. The van der Waals surface area contributed by atoms with Gasteiger partial charge >= 0.3 is 0 Å². The summed E-state index contributed by atoms with van der Waals surface area (Å²) in [6.07, 6.45) is 9.50. The van der Waals surface area contributed by atoms with E-state index in [9.17, 15) is 0 Å². The molecule has 0 N–H and O–H groups in total. The van der Waals surface area contributed by atoms with Crippen LogP contribution in [0, 0.1) is 6.92 Å². The van der Waals surface area contributed by atoms with Gasteiger partial charge in [0.15, 0.2) is 0 Å². The molecule has 1 aromatic rings. The third kappa shape index (κ3) is 5.06. The minimum absolute atomic E-state index is 0. The molecule has 0 atom stereocenters. The van der Waals surface area contributed by atoms with Crippen molar-refractivity contribution in [2.75, 3.05) is 0 Å². The third-order valence-corrected chi connectivity index (χ3v) is 1.48. The minimum atomic E-state index is 0. The Labute approximate surface area is 84.8 Å². The van der Waals surface area contributed by atoms with Gasteiger partial charge in [0.1, 0.15) is 0 Å². The van der Waals surface area contributed by atoms with Crippen molar-refractivity contribution in [3.63, 3.8) is 0 Å². The first-order chi connectivity index (χ1) is 5.39. The van der Waals surface area contributed by atoms with Crippen molar-refractivity contribution < 1.29 is 17.1 Å². The molecule has 66 valence electrons. The fourth-order valence-corrected chi connectivity index (χ4v) is 0.863. The molecule has 1 aromatic carbocycles. The molecule has 2 rings (SSSR count). The van der Waals surface area contributed by atoms with E-state index in [4.69, 9.17) is 0 Å². The number of hydrogen-bond donors (Lipinski definition) is 0. The van der Waals surface area contributed by atoms with Crippen LogP contribution in [0.5, 0.6) is 0 Å². The van der Waals surface area contributed by atoms with Crippen molar-refractivity contribution in [2.45, 2.75) is 13.3 Å². The summed E-state index contributed by atoms with van der Waals surface area (Å²) < 4.78 is 0. The SMILES string of the molecule is C1=CCC=C1.Cc1ccc[cH-]1.[Fe]. The first kappa shape index (κ1) is 11.3. The molecule has 1 heteroatoms. The summed E-state index contributed by atoms with van der Waals surface area (Å²) in [4.78, 5) is 0. The van der Waals surface area contributed by atoms with E-state index in [0.717, 1.165) is 6.42 Å². The Morgan fingerprint density at radius 3 is 2.08 bits per heavy atom. The summed E-state index contributed by atoms with van der Waals surface area (Å²) in [5, 5.41) is 0. The molecule has 0 amide bonds. The summed E-state index contributed by atoms with van der Waals surface area (Å²) in [5.74, 6) is 0. The van der Waals surface area contributed by atoms with Crippen LogP contribution in [-0.2, 0) is 17.1 Å². The molecule has 12 heavy (non-hydrogen) atoms. The van der Waals surface area contributed by atoms with E-state index in [1.807, 2.05) is 12.1 Å². The van der Waals surface area contributed by atoms with Gasteiger partial charge in [0.05, 0.1) is 0 Å². The zero-order valence-corrected chi connectivity index (χ0v) is 8.28. The summed E-state index contributed by atoms with van der Waals surface area (Å²) in [6, 6.07) is 8.24. The standard InChI is InChI=1S/C6H7.C5H6.Fe/c1-6-4-2-3-5-6;1-2-4-5-3-1;/h2-5H,1H3;1-4H,5H2;/q-1;;. The first-order valence-corrected chi connectivity index (χ1v) is 3.89. The van der Waals surface area contributed by atoms with Gasteiger partial charge in [-0.2, -0.15) is 17.7 Å². The topological polar surface area (TPSA) is 0 Å². The van der Waals surface area contributed by atoms with Crippen LogP contribution < -0.4 is 0 Å². The Kier molecular flexibility index (Phi) is 6.64. The van der Waals surface area contributed by atoms with E-state index in [0.29, 0.717) is 0 Å². The molecule has 0 saturated carbocycles. The predicted molar refractivity (Wildman–Crippen MR) is 49.7 cm³/mol. The van der Waals surface area contributed by atoms with Crippen molar-refractivity contribution in [3.8, 4) is 0 Å². The molecule has 0 saturated heterocycles. The molecule has 0 aromatic heterocycles. The van der Waals surface area contributed by atoms with E-state index >= 15 is 0 Å². The van der Waals surface area contributed by atoms with Crippen LogP contribution in [0.25, 0.3) is 0 Å². The van der Waals surface area contributed by atoms with E-state index < -0.39 is 0 Å². The zero-order valence-electron chi connectivity index (χ0n) is 7.18. The number of hydrogen-bond acceptors (Lipinski definition) is 0. The molecule has 0 spiro atoms. The molecule has 0 heterocycles.